The number of rotatable bonds is 4. The highest BCUT2D eigenvalue weighted by Gasteiger charge is 2.48. The number of carbonyl (C=O) groups is 2. The third-order valence-corrected chi connectivity index (χ3v) is 4.26. The van der Waals surface area contributed by atoms with Gasteiger partial charge in [0.25, 0.3) is 0 Å². The van der Waals surface area contributed by atoms with Gasteiger partial charge >= 0.3 is 0 Å². The molecule has 4 nitrogen and oxygen atoms in total. The van der Waals surface area contributed by atoms with Gasteiger partial charge in [0.15, 0.2) is 0 Å². The summed E-state index contributed by atoms with van der Waals surface area (Å²) in [5.41, 5.74) is 0.126. The zero-order valence-corrected chi connectivity index (χ0v) is 13.9. The summed E-state index contributed by atoms with van der Waals surface area (Å²) in [4.78, 5) is 24.2. The van der Waals surface area contributed by atoms with Crippen LogP contribution in [0.5, 0.6) is 0 Å². The number of anilines is 2. The SMILES string of the molecule is O=C(Nc1cccc(Br)c1)C1CC1C(=O)Nc1c(F)cccc1F. The second-order valence-corrected chi connectivity index (χ2v) is 6.45. The van der Waals surface area contributed by atoms with Crippen molar-refractivity contribution in [3.8, 4) is 0 Å². The number of nitrogens with one attached hydrogen (secondary N) is 2. The van der Waals surface area contributed by atoms with Gasteiger partial charge < -0.3 is 10.6 Å². The van der Waals surface area contributed by atoms with Crippen molar-refractivity contribution in [2.75, 3.05) is 10.6 Å². The Balaban J connectivity index is 1.60. The zero-order valence-electron chi connectivity index (χ0n) is 12.4. The van der Waals surface area contributed by atoms with E-state index >= 15 is 0 Å². The molecule has 0 aliphatic heterocycles. The Labute approximate surface area is 145 Å². The van der Waals surface area contributed by atoms with Crippen LogP contribution in [0.4, 0.5) is 20.2 Å². The van der Waals surface area contributed by atoms with Gasteiger partial charge in [-0.25, -0.2) is 8.78 Å². The van der Waals surface area contributed by atoms with E-state index in [-0.39, 0.29) is 5.91 Å². The third-order valence-electron chi connectivity index (χ3n) is 3.77. The summed E-state index contributed by atoms with van der Waals surface area (Å²) < 4.78 is 27.9. The van der Waals surface area contributed by atoms with Crippen molar-refractivity contribution in [1.29, 1.82) is 0 Å². The maximum absolute atomic E-state index is 13.5. The summed E-state index contributed by atoms with van der Waals surface area (Å²) in [5, 5.41) is 4.94. The van der Waals surface area contributed by atoms with Gasteiger partial charge in [0.2, 0.25) is 11.8 Å². The van der Waals surface area contributed by atoms with E-state index in [2.05, 4.69) is 26.6 Å². The second kappa shape index (κ2) is 6.68. The maximum atomic E-state index is 13.5. The number of benzene rings is 2. The predicted octanol–water partition coefficient (Wildman–Crippen LogP) is 3.94. The lowest BCUT2D eigenvalue weighted by Gasteiger charge is -2.08. The van der Waals surface area contributed by atoms with Crippen LogP contribution in [0.1, 0.15) is 6.42 Å². The van der Waals surface area contributed by atoms with Crippen LogP contribution in [0, 0.1) is 23.5 Å². The molecule has 2 aromatic carbocycles. The highest BCUT2D eigenvalue weighted by Crippen LogP contribution is 2.40. The molecule has 7 heteroatoms. The van der Waals surface area contributed by atoms with Crippen LogP contribution in [0.3, 0.4) is 0 Å². The van der Waals surface area contributed by atoms with Crippen molar-refractivity contribution in [2.24, 2.45) is 11.8 Å². The first kappa shape index (κ1) is 16.6. The van der Waals surface area contributed by atoms with E-state index < -0.39 is 35.1 Å². The van der Waals surface area contributed by atoms with Crippen LogP contribution in [-0.4, -0.2) is 11.8 Å². The van der Waals surface area contributed by atoms with Crippen LogP contribution in [-0.2, 0) is 9.59 Å². The Bertz CT molecular complexity index is 793. The Morgan fingerprint density at radius 1 is 0.958 bits per heavy atom. The molecule has 0 radical (unpaired) electrons. The molecule has 1 saturated carbocycles. The topological polar surface area (TPSA) is 58.2 Å². The minimum atomic E-state index is -0.848. The quantitative estimate of drug-likeness (QED) is 0.824. The van der Waals surface area contributed by atoms with Crippen LogP contribution >= 0.6 is 15.9 Å². The van der Waals surface area contributed by atoms with Crippen LogP contribution in [0.2, 0.25) is 0 Å². The molecule has 1 aliphatic rings. The van der Waals surface area contributed by atoms with Gasteiger partial charge in [-0.3, -0.25) is 9.59 Å². The Hall–Kier alpha value is -2.28. The van der Waals surface area contributed by atoms with E-state index in [1.807, 2.05) is 6.07 Å². The fraction of sp³-hybridized carbons (Fsp3) is 0.176. The minimum Gasteiger partial charge on any atom is -0.326 e. The number of hydrogen-bond donors (Lipinski definition) is 2. The minimum absolute atomic E-state index is 0.290. The molecule has 2 amide bonds. The van der Waals surface area contributed by atoms with Crippen LogP contribution in [0.25, 0.3) is 0 Å². The van der Waals surface area contributed by atoms with Crippen molar-refractivity contribution < 1.29 is 18.4 Å². The Kier molecular flexibility index (Phi) is 4.62. The van der Waals surface area contributed by atoms with Crippen LogP contribution in [0.15, 0.2) is 46.9 Å². The second-order valence-electron chi connectivity index (χ2n) is 5.53. The van der Waals surface area contributed by atoms with E-state index in [1.54, 1.807) is 18.2 Å². The molecule has 0 aromatic heterocycles. The van der Waals surface area contributed by atoms with Crippen molar-refractivity contribution in [2.45, 2.75) is 6.42 Å². The monoisotopic (exact) mass is 394 g/mol. The summed E-state index contributed by atoms with van der Waals surface area (Å²) in [6.07, 6.45) is 0.349. The van der Waals surface area contributed by atoms with Crippen molar-refractivity contribution in [3.63, 3.8) is 0 Å². The van der Waals surface area contributed by atoms with Crippen molar-refractivity contribution in [1.82, 2.24) is 0 Å². The largest absolute Gasteiger partial charge is 0.326 e. The van der Waals surface area contributed by atoms with E-state index in [9.17, 15) is 18.4 Å². The van der Waals surface area contributed by atoms with Crippen LogP contribution < -0.4 is 10.6 Å². The summed E-state index contributed by atoms with van der Waals surface area (Å²) >= 11 is 3.30. The van der Waals surface area contributed by atoms with E-state index in [0.717, 1.165) is 16.6 Å². The van der Waals surface area contributed by atoms with Gasteiger partial charge in [-0.05, 0) is 36.8 Å². The molecule has 0 bridgehead atoms. The molecule has 1 aliphatic carbocycles. The molecular formula is C17H13BrF2N2O2. The Morgan fingerprint density at radius 3 is 2.17 bits per heavy atom. The van der Waals surface area contributed by atoms with Gasteiger partial charge in [-0.1, -0.05) is 28.1 Å². The highest BCUT2D eigenvalue weighted by molar-refractivity contribution is 9.10. The van der Waals surface area contributed by atoms with Crippen molar-refractivity contribution >= 4 is 39.1 Å². The van der Waals surface area contributed by atoms with Gasteiger partial charge in [-0.2, -0.15) is 0 Å². The summed E-state index contributed by atoms with van der Waals surface area (Å²) in [5.74, 6) is -3.64. The lowest BCUT2D eigenvalue weighted by atomic mass is 10.2. The fourth-order valence-electron chi connectivity index (χ4n) is 2.41. The number of carbonyl (C=O) groups excluding carboxylic acids is 2. The lowest BCUT2D eigenvalue weighted by molar-refractivity contribution is -0.122. The molecule has 0 saturated heterocycles. The van der Waals surface area contributed by atoms with Gasteiger partial charge in [0.05, 0.1) is 11.8 Å². The highest BCUT2D eigenvalue weighted by atomic mass is 79.9. The maximum Gasteiger partial charge on any atom is 0.228 e. The number of amides is 2. The molecule has 24 heavy (non-hydrogen) atoms. The normalized spacial score (nSPS) is 18.8. The average molecular weight is 395 g/mol. The van der Waals surface area contributed by atoms with Gasteiger partial charge in [0, 0.05) is 10.2 Å². The van der Waals surface area contributed by atoms with E-state index in [0.29, 0.717) is 12.1 Å². The Morgan fingerprint density at radius 2 is 1.54 bits per heavy atom. The third kappa shape index (κ3) is 3.62. The predicted molar refractivity (Wildman–Crippen MR) is 89.4 cm³/mol. The molecule has 2 unspecified atom stereocenters. The standard InChI is InChI=1S/C17H13BrF2N2O2/c18-9-3-1-4-10(7-9)21-16(23)11-8-12(11)17(24)22-15-13(19)5-2-6-14(15)20/h1-7,11-12H,8H2,(H,21,23)(H,22,24). The summed E-state index contributed by atoms with van der Waals surface area (Å²) in [6.45, 7) is 0. The molecule has 0 spiro atoms. The van der Waals surface area contributed by atoms with Gasteiger partial charge in [-0.15, -0.1) is 0 Å². The lowest BCUT2D eigenvalue weighted by Crippen LogP contribution is -2.21. The van der Waals surface area contributed by atoms with E-state index in [1.165, 1.54) is 6.07 Å². The molecule has 3 rings (SSSR count). The first-order valence-corrected chi connectivity index (χ1v) is 8.06. The van der Waals surface area contributed by atoms with E-state index in [4.69, 9.17) is 0 Å². The first-order chi connectivity index (χ1) is 11.5. The number of para-hydroxylation sites is 1. The molecule has 0 heterocycles. The molecule has 2 N–H and O–H groups in total. The fourth-order valence-corrected chi connectivity index (χ4v) is 2.81. The number of halogens is 3. The average Bonchev–Trinajstić information content (AvgIpc) is 3.32. The molecule has 2 aromatic rings. The van der Waals surface area contributed by atoms with Gasteiger partial charge in [0.1, 0.15) is 17.3 Å². The molecule has 1 fully saturated rings. The summed E-state index contributed by atoms with van der Waals surface area (Å²) in [6, 6.07) is 10.4. The summed E-state index contributed by atoms with van der Waals surface area (Å²) in [7, 11) is 0. The smallest absolute Gasteiger partial charge is 0.228 e. The zero-order chi connectivity index (χ0) is 17.3. The molecular weight excluding hydrogens is 382 g/mol. The first-order valence-electron chi connectivity index (χ1n) is 7.27. The number of hydrogen-bond acceptors (Lipinski definition) is 2. The molecule has 124 valence electrons. The van der Waals surface area contributed by atoms with Crippen molar-refractivity contribution in [3.05, 3.63) is 58.6 Å². The molecule has 2 atom stereocenters.